The average Bonchev–Trinajstić information content (AvgIpc) is 3.45. The standard InChI is InChI=1S/C27H25N7O/c1-16-5-3-4-6-18(16)24-19(14-28)20-15-29-27(35)23(25(20)32-24)26-30-21-8-7-17(13-22(21)31-26)34-11-9-33(2)10-12-34/h3-8,13,15,32H,9-12H2,1-2H3,(H,29,35)(H,30,31). The normalized spacial score (nSPS) is 14.6. The van der Waals surface area contributed by atoms with Gasteiger partial charge in [0, 0.05) is 49.0 Å². The van der Waals surface area contributed by atoms with Crippen LogP contribution in [0.25, 0.3) is 44.6 Å². The molecule has 1 aliphatic heterocycles. The molecule has 0 atom stereocenters. The van der Waals surface area contributed by atoms with E-state index >= 15 is 0 Å². The maximum atomic E-state index is 13.0. The third-order valence-corrected chi connectivity index (χ3v) is 6.96. The highest BCUT2D eigenvalue weighted by Gasteiger charge is 2.22. The van der Waals surface area contributed by atoms with Gasteiger partial charge in [-0.05, 0) is 37.7 Å². The van der Waals surface area contributed by atoms with Crippen molar-refractivity contribution in [3.8, 4) is 28.7 Å². The van der Waals surface area contributed by atoms with Crippen molar-refractivity contribution in [1.29, 1.82) is 5.26 Å². The van der Waals surface area contributed by atoms with Crippen LogP contribution in [0, 0.1) is 18.3 Å². The van der Waals surface area contributed by atoms with Crippen LogP contribution in [-0.4, -0.2) is 58.1 Å². The second kappa shape index (κ2) is 8.15. The topological polar surface area (TPSA) is 108 Å². The van der Waals surface area contributed by atoms with Crippen LogP contribution in [0.2, 0.25) is 0 Å². The Labute approximate surface area is 201 Å². The fourth-order valence-corrected chi connectivity index (χ4v) is 4.95. The van der Waals surface area contributed by atoms with E-state index in [2.05, 4.69) is 50.0 Å². The van der Waals surface area contributed by atoms with Crippen molar-refractivity contribution in [2.45, 2.75) is 6.92 Å². The van der Waals surface area contributed by atoms with Gasteiger partial charge in [-0.2, -0.15) is 5.26 Å². The van der Waals surface area contributed by atoms with E-state index in [4.69, 9.17) is 4.98 Å². The van der Waals surface area contributed by atoms with Gasteiger partial charge in [-0.1, -0.05) is 24.3 Å². The SMILES string of the molecule is Cc1ccccc1-c1[nH]c2c(-c3nc4cc(N5CCN(C)CC5)ccc4[nH]3)c(=O)[nH]cc2c1C#N. The average molecular weight is 464 g/mol. The van der Waals surface area contributed by atoms with Crippen LogP contribution in [0.5, 0.6) is 0 Å². The Balaban J connectivity index is 1.50. The summed E-state index contributed by atoms with van der Waals surface area (Å²) in [6.45, 7) is 6.00. The van der Waals surface area contributed by atoms with Gasteiger partial charge in [0.15, 0.2) is 0 Å². The Morgan fingerprint density at radius 1 is 1.06 bits per heavy atom. The molecule has 5 aromatic rings. The lowest BCUT2D eigenvalue weighted by atomic mass is 10.0. The number of hydrogen-bond donors (Lipinski definition) is 3. The van der Waals surface area contributed by atoms with E-state index in [0.717, 1.165) is 54.0 Å². The van der Waals surface area contributed by atoms with Crippen molar-refractivity contribution in [2.24, 2.45) is 0 Å². The summed E-state index contributed by atoms with van der Waals surface area (Å²) in [7, 11) is 2.14. The fraction of sp³-hybridized carbons (Fsp3) is 0.222. The summed E-state index contributed by atoms with van der Waals surface area (Å²) in [5, 5.41) is 10.6. The molecule has 1 fully saturated rings. The molecule has 0 unspecified atom stereocenters. The zero-order valence-corrected chi connectivity index (χ0v) is 19.6. The van der Waals surface area contributed by atoms with Crippen molar-refractivity contribution < 1.29 is 0 Å². The van der Waals surface area contributed by atoms with E-state index < -0.39 is 0 Å². The molecule has 1 aliphatic rings. The third kappa shape index (κ3) is 3.49. The third-order valence-electron chi connectivity index (χ3n) is 6.96. The summed E-state index contributed by atoms with van der Waals surface area (Å²) in [4.78, 5) is 32.0. The first-order chi connectivity index (χ1) is 17.0. The van der Waals surface area contributed by atoms with Crippen LogP contribution in [0.1, 0.15) is 11.1 Å². The first kappa shape index (κ1) is 21.2. The van der Waals surface area contributed by atoms with E-state index in [1.807, 2.05) is 37.3 Å². The van der Waals surface area contributed by atoms with Crippen molar-refractivity contribution in [1.82, 2.24) is 24.8 Å². The highest BCUT2D eigenvalue weighted by atomic mass is 16.1. The zero-order chi connectivity index (χ0) is 24.1. The largest absolute Gasteiger partial charge is 0.369 e. The lowest BCUT2D eigenvalue weighted by Gasteiger charge is -2.34. The number of fused-ring (bicyclic) bond motifs is 2. The zero-order valence-electron chi connectivity index (χ0n) is 19.6. The minimum Gasteiger partial charge on any atom is -0.369 e. The number of benzene rings is 2. The molecule has 6 rings (SSSR count). The van der Waals surface area contributed by atoms with Crippen molar-refractivity contribution in [3.63, 3.8) is 0 Å². The van der Waals surface area contributed by atoms with Gasteiger partial charge in [-0.15, -0.1) is 0 Å². The number of nitrogens with zero attached hydrogens (tertiary/aromatic N) is 4. The lowest BCUT2D eigenvalue weighted by Crippen LogP contribution is -2.44. The minimum atomic E-state index is -0.266. The summed E-state index contributed by atoms with van der Waals surface area (Å²) < 4.78 is 0. The van der Waals surface area contributed by atoms with Crippen molar-refractivity contribution in [2.75, 3.05) is 38.1 Å². The molecular formula is C27H25N7O. The summed E-state index contributed by atoms with van der Waals surface area (Å²) in [6.07, 6.45) is 1.60. The molecule has 0 aliphatic carbocycles. The Morgan fingerprint density at radius 2 is 1.86 bits per heavy atom. The molecule has 2 aromatic carbocycles. The van der Waals surface area contributed by atoms with Gasteiger partial charge in [0.05, 0.1) is 27.8 Å². The van der Waals surface area contributed by atoms with Gasteiger partial charge in [0.2, 0.25) is 0 Å². The van der Waals surface area contributed by atoms with Crippen LogP contribution in [0.4, 0.5) is 5.69 Å². The number of nitriles is 1. The number of nitrogens with one attached hydrogen (secondary N) is 3. The van der Waals surface area contributed by atoms with Crippen LogP contribution in [0.3, 0.4) is 0 Å². The second-order valence-electron chi connectivity index (χ2n) is 9.16. The molecule has 35 heavy (non-hydrogen) atoms. The highest BCUT2D eigenvalue weighted by molar-refractivity contribution is 6.01. The quantitative estimate of drug-likeness (QED) is 0.375. The van der Waals surface area contributed by atoms with E-state index in [1.54, 1.807) is 6.20 Å². The van der Waals surface area contributed by atoms with E-state index in [1.165, 1.54) is 0 Å². The Morgan fingerprint density at radius 3 is 2.63 bits per heavy atom. The molecule has 3 aromatic heterocycles. The molecule has 0 radical (unpaired) electrons. The van der Waals surface area contributed by atoms with Crippen LogP contribution in [0.15, 0.2) is 53.5 Å². The summed E-state index contributed by atoms with van der Waals surface area (Å²) in [5.41, 5.74) is 6.71. The van der Waals surface area contributed by atoms with Gasteiger partial charge in [-0.25, -0.2) is 4.98 Å². The molecule has 0 spiro atoms. The highest BCUT2D eigenvalue weighted by Crippen LogP contribution is 2.34. The van der Waals surface area contributed by atoms with Gasteiger partial charge in [0.25, 0.3) is 5.56 Å². The molecule has 4 heterocycles. The van der Waals surface area contributed by atoms with Gasteiger partial charge in [-0.3, -0.25) is 4.79 Å². The number of anilines is 1. The number of piperazine rings is 1. The molecule has 0 saturated carbocycles. The first-order valence-corrected chi connectivity index (χ1v) is 11.7. The summed E-state index contributed by atoms with van der Waals surface area (Å²) in [5.74, 6) is 0.476. The Hall–Kier alpha value is -4.35. The number of aryl methyl sites for hydroxylation is 1. The number of rotatable bonds is 3. The maximum Gasteiger partial charge on any atom is 0.261 e. The molecular weight excluding hydrogens is 438 g/mol. The molecule has 8 heteroatoms. The van der Waals surface area contributed by atoms with Gasteiger partial charge < -0.3 is 24.8 Å². The Kier molecular flexibility index (Phi) is 4.94. The lowest BCUT2D eigenvalue weighted by molar-refractivity contribution is 0.313. The number of likely N-dealkylation sites (N-methyl/N-ethyl adjacent to an activating group) is 1. The molecule has 1 saturated heterocycles. The predicted molar refractivity (Wildman–Crippen MR) is 139 cm³/mol. The molecule has 0 bridgehead atoms. The monoisotopic (exact) mass is 463 g/mol. The summed E-state index contributed by atoms with van der Waals surface area (Å²) >= 11 is 0. The van der Waals surface area contributed by atoms with E-state index in [0.29, 0.717) is 33.5 Å². The van der Waals surface area contributed by atoms with E-state index in [-0.39, 0.29) is 5.56 Å². The number of imidazole rings is 1. The number of aromatic nitrogens is 4. The van der Waals surface area contributed by atoms with E-state index in [9.17, 15) is 10.1 Å². The van der Waals surface area contributed by atoms with Crippen molar-refractivity contribution in [3.05, 3.63) is 70.1 Å². The maximum absolute atomic E-state index is 13.0. The van der Waals surface area contributed by atoms with Crippen LogP contribution in [-0.2, 0) is 0 Å². The number of pyridine rings is 1. The molecule has 8 nitrogen and oxygen atoms in total. The smallest absolute Gasteiger partial charge is 0.261 e. The van der Waals surface area contributed by atoms with Crippen molar-refractivity contribution >= 4 is 27.6 Å². The van der Waals surface area contributed by atoms with Gasteiger partial charge in [0.1, 0.15) is 17.5 Å². The molecule has 0 amide bonds. The predicted octanol–water partition coefficient (Wildman–Crippen LogP) is 4.00. The van der Waals surface area contributed by atoms with Crippen LogP contribution >= 0.6 is 0 Å². The van der Waals surface area contributed by atoms with Gasteiger partial charge >= 0.3 is 0 Å². The second-order valence-corrected chi connectivity index (χ2v) is 9.16. The minimum absolute atomic E-state index is 0.266. The Bertz CT molecular complexity index is 1680. The summed E-state index contributed by atoms with van der Waals surface area (Å²) in [6, 6.07) is 16.4. The number of aromatic amines is 3. The molecule has 174 valence electrons. The first-order valence-electron chi connectivity index (χ1n) is 11.7. The molecule has 3 N–H and O–H groups in total. The number of hydrogen-bond acceptors (Lipinski definition) is 5. The number of H-pyrrole nitrogens is 3. The van der Waals surface area contributed by atoms with Crippen LogP contribution < -0.4 is 10.5 Å². The fourth-order valence-electron chi connectivity index (χ4n) is 4.95.